The van der Waals surface area contributed by atoms with Crippen molar-refractivity contribution in [1.82, 2.24) is 10.4 Å². The van der Waals surface area contributed by atoms with Gasteiger partial charge >= 0.3 is 0 Å². The maximum Gasteiger partial charge on any atom is 0.139 e. The molecule has 0 radical (unpaired) electrons. The van der Waals surface area contributed by atoms with Gasteiger partial charge in [-0.1, -0.05) is 54.6 Å². The molecule has 0 amide bonds. The highest BCUT2D eigenvalue weighted by Crippen LogP contribution is 2.43. The number of hydrogen-bond acceptors (Lipinski definition) is 3. The molecule has 1 aromatic heterocycles. The summed E-state index contributed by atoms with van der Waals surface area (Å²) in [6.45, 7) is 6.15. The number of aliphatic hydroxyl groups excluding tert-OH is 1. The van der Waals surface area contributed by atoms with E-state index in [4.69, 9.17) is 0 Å². The van der Waals surface area contributed by atoms with E-state index < -0.39 is 23.3 Å². The fourth-order valence-corrected chi connectivity index (χ4v) is 5.50. The largest absolute Gasteiger partial charge is 0.390 e. The molecule has 0 spiro atoms. The minimum atomic E-state index is -0.861. The molecule has 3 N–H and O–H groups in total. The molecule has 188 valence electrons. The van der Waals surface area contributed by atoms with Crippen LogP contribution in [-0.4, -0.2) is 21.7 Å². The molecule has 1 atom stereocenters. The van der Waals surface area contributed by atoms with Gasteiger partial charge in [-0.15, -0.1) is 0 Å². The van der Waals surface area contributed by atoms with Gasteiger partial charge in [0.25, 0.3) is 0 Å². The van der Waals surface area contributed by atoms with Gasteiger partial charge in [-0.2, -0.15) is 0 Å². The summed E-state index contributed by atoms with van der Waals surface area (Å²) in [5, 5.41) is 16.0. The van der Waals surface area contributed by atoms with Crippen LogP contribution in [0, 0.1) is 18.6 Å². The lowest BCUT2D eigenvalue weighted by atomic mass is 9.83. The number of aliphatic hydroxyl groups is 1. The Morgan fingerprint density at radius 3 is 2.62 bits per heavy atom. The van der Waals surface area contributed by atoms with Gasteiger partial charge in [-0.3, -0.25) is 5.01 Å². The molecule has 0 unspecified atom stereocenters. The molecular formula is C31H29F2N3O. The Kier molecular flexibility index (Phi) is 5.55. The normalized spacial score (nSPS) is 16.9. The number of para-hydroxylation sites is 1. The number of hydrazine groups is 1. The number of aromatic amines is 1. The van der Waals surface area contributed by atoms with Crippen molar-refractivity contribution in [3.05, 3.63) is 101 Å². The number of nitrogens with one attached hydrogen (secondary N) is 2. The van der Waals surface area contributed by atoms with Crippen LogP contribution in [-0.2, 0) is 13.0 Å². The van der Waals surface area contributed by atoms with E-state index in [0.717, 1.165) is 27.3 Å². The first-order chi connectivity index (χ1) is 17.8. The summed E-state index contributed by atoms with van der Waals surface area (Å²) in [5.74, 6) is -1.28. The molecule has 0 saturated carbocycles. The Labute approximate surface area is 214 Å². The third-order valence-electron chi connectivity index (χ3n) is 7.77. The predicted octanol–water partition coefficient (Wildman–Crippen LogP) is 6.78. The van der Waals surface area contributed by atoms with Gasteiger partial charge in [0, 0.05) is 35.7 Å². The van der Waals surface area contributed by atoms with Crippen molar-refractivity contribution in [1.29, 1.82) is 0 Å². The van der Waals surface area contributed by atoms with Crippen molar-refractivity contribution < 1.29 is 13.9 Å². The highest BCUT2D eigenvalue weighted by Gasteiger charge is 2.42. The maximum absolute atomic E-state index is 16.2. The summed E-state index contributed by atoms with van der Waals surface area (Å²) in [6, 6.07) is 21.2. The van der Waals surface area contributed by atoms with Gasteiger partial charge in [0.05, 0.1) is 28.4 Å². The number of aryl methyl sites for hydroxylation is 1. The summed E-state index contributed by atoms with van der Waals surface area (Å²) in [6.07, 6.45) is 1.07. The van der Waals surface area contributed by atoms with E-state index in [1.165, 1.54) is 6.07 Å². The lowest BCUT2D eigenvalue weighted by molar-refractivity contribution is 0.0830. The highest BCUT2D eigenvalue weighted by atomic mass is 19.1. The molecule has 2 heterocycles. The minimum Gasteiger partial charge on any atom is -0.390 e. The monoisotopic (exact) mass is 497 g/mol. The number of halogens is 2. The van der Waals surface area contributed by atoms with Crippen LogP contribution in [0.1, 0.15) is 30.5 Å². The zero-order chi connectivity index (χ0) is 25.9. The number of anilines is 1. The quantitative estimate of drug-likeness (QED) is 0.257. The number of aromatic nitrogens is 1. The van der Waals surface area contributed by atoms with Gasteiger partial charge in [-0.25, -0.2) is 14.2 Å². The molecule has 4 nitrogen and oxygen atoms in total. The highest BCUT2D eigenvalue weighted by molar-refractivity contribution is 5.96. The second-order valence-electron chi connectivity index (χ2n) is 10.5. The Hall–Kier alpha value is -3.74. The summed E-state index contributed by atoms with van der Waals surface area (Å²) >= 11 is 0. The van der Waals surface area contributed by atoms with Gasteiger partial charge in [0.1, 0.15) is 11.6 Å². The molecule has 6 rings (SSSR count). The zero-order valence-electron chi connectivity index (χ0n) is 21.1. The molecule has 1 aliphatic heterocycles. The minimum absolute atomic E-state index is 0.0763. The fraction of sp³-hybridized carbons (Fsp3) is 0.226. The third-order valence-corrected chi connectivity index (χ3v) is 7.77. The molecule has 0 saturated heterocycles. The number of H-pyrrole nitrogens is 1. The Bertz CT molecular complexity index is 1660. The second-order valence-corrected chi connectivity index (χ2v) is 10.5. The standard InChI is InChI=1S/C31H29F2N3O/c1-18-16-34-30-22(18)9-6-10-23(30)28-25(32)15-26-24(29(28)33)14-27(37)31(2,3)36(26)35-17-19-11-12-20-7-4-5-8-21(20)13-19/h4-13,15-16,27,34-35,37H,14,17H2,1-3H3/t27-/m0/s1. The summed E-state index contributed by atoms with van der Waals surface area (Å²) in [7, 11) is 0. The first kappa shape index (κ1) is 23.6. The van der Waals surface area contributed by atoms with Crippen molar-refractivity contribution >= 4 is 27.4 Å². The van der Waals surface area contributed by atoms with Crippen LogP contribution >= 0.6 is 0 Å². The van der Waals surface area contributed by atoms with Gasteiger partial charge in [0.15, 0.2) is 0 Å². The van der Waals surface area contributed by atoms with Crippen molar-refractivity contribution in [2.24, 2.45) is 0 Å². The summed E-state index contributed by atoms with van der Waals surface area (Å²) in [5.41, 5.74) is 6.41. The molecule has 0 bridgehead atoms. The van der Waals surface area contributed by atoms with Crippen LogP contribution in [0.4, 0.5) is 14.5 Å². The lowest BCUT2D eigenvalue weighted by Gasteiger charge is -2.48. The van der Waals surface area contributed by atoms with Gasteiger partial charge in [-0.05, 0) is 54.8 Å². The van der Waals surface area contributed by atoms with E-state index >= 15 is 8.78 Å². The molecule has 5 aromatic rings. The Balaban J connectivity index is 1.42. The van der Waals surface area contributed by atoms with Crippen LogP contribution in [0.25, 0.3) is 32.8 Å². The van der Waals surface area contributed by atoms with E-state index in [2.05, 4.69) is 34.7 Å². The zero-order valence-corrected chi connectivity index (χ0v) is 21.1. The van der Waals surface area contributed by atoms with E-state index in [-0.39, 0.29) is 12.0 Å². The molecule has 0 aliphatic carbocycles. The second kappa shape index (κ2) is 8.68. The smallest absolute Gasteiger partial charge is 0.139 e. The van der Waals surface area contributed by atoms with Gasteiger partial charge in [0.2, 0.25) is 0 Å². The SMILES string of the molecule is Cc1c[nH]c2c(-c3c(F)cc4c(c3F)C[C@H](O)C(C)(C)N4NCc3ccc4ccccc4c3)cccc12. The number of benzene rings is 4. The number of fused-ring (bicyclic) bond motifs is 3. The average Bonchev–Trinajstić information content (AvgIpc) is 3.26. The lowest BCUT2D eigenvalue weighted by Crippen LogP contribution is -2.61. The molecule has 1 aliphatic rings. The van der Waals surface area contributed by atoms with E-state index in [0.29, 0.717) is 28.9 Å². The molecular weight excluding hydrogens is 468 g/mol. The number of rotatable bonds is 4. The Morgan fingerprint density at radius 1 is 1.03 bits per heavy atom. The number of hydrogen-bond donors (Lipinski definition) is 3. The average molecular weight is 498 g/mol. The topological polar surface area (TPSA) is 51.3 Å². The van der Waals surface area contributed by atoms with Crippen LogP contribution < -0.4 is 10.4 Å². The van der Waals surface area contributed by atoms with Crippen LogP contribution in [0.3, 0.4) is 0 Å². The third kappa shape index (κ3) is 3.79. The van der Waals surface area contributed by atoms with Crippen molar-refractivity contribution in [3.63, 3.8) is 0 Å². The first-order valence-electron chi connectivity index (χ1n) is 12.5. The molecule has 4 aromatic carbocycles. The Morgan fingerprint density at radius 2 is 1.81 bits per heavy atom. The van der Waals surface area contributed by atoms with E-state index in [1.54, 1.807) is 11.1 Å². The van der Waals surface area contributed by atoms with E-state index in [1.807, 2.05) is 57.3 Å². The number of nitrogens with zero attached hydrogens (tertiary/aromatic N) is 1. The van der Waals surface area contributed by atoms with Crippen LogP contribution in [0.15, 0.2) is 72.9 Å². The van der Waals surface area contributed by atoms with Crippen LogP contribution in [0.5, 0.6) is 0 Å². The summed E-state index contributed by atoms with van der Waals surface area (Å²) < 4.78 is 31.9. The van der Waals surface area contributed by atoms with E-state index in [9.17, 15) is 5.11 Å². The van der Waals surface area contributed by atoms with Gasteiger partial charge < -0.3 is 10.1 Å². The fourth-order valence-electron chi connectivity index (χ4n) is 5.50. The first-order valence-corrected chi connectivity index (χ1v) is 12.5. The van der Waals surface area contributed by atoms with Crippen molar-refractivity contribution in [2.75, 3.05) is 5.01 Å². The molecule has 0 fully saturated rings. The van der Waals surface area contributed by atoms with Crippen molar-refractivity contribution in [3.8, 4) is 11.1 Å². The van der Waals surface area contributed by atoms with Crippen molar-refractivity contribution in [2.45, 2.75) is 45.4 Å². The maximum atomic E-state index is 16.2. The summed E-state index contributed by atoms with van der Waals surface area (Å²) in [4.78, 5) is 3.17. The molecule has 37 heavy (non-hydrogen) atoms. The predicted molar refractivity (Wildman–Crippen MR) is 145 cm³/mol. The van der Waals surface area contributed by atoms with Crippen LogP contribution in [0.2, 0.25) is 0 Å². The molecule has 6 heteroatoms.